The van der Waals surface area contributed by atoms with Crippen LogP contribution >= 0.6 is 22.9 Å². The first-order chi connectivity index (χ1) is 11.5. The molecule has 0 unspecified atom stereocenters. The minimum atomic E-state index is -0.302. The number of benzene rings is 2. The van der Waals surface area contributed by atoms with Gasteiger partial charge in [0.25, 0.3) is 0 Å². The molecule has 0 saturated carbocycles. The Morgan fingerprint density at radius 3 is 2.58 bits per heavy atom. The van der Waals surface area contributed by atoms with Crippen molar-refractivity contribution >= 4 is 34.0 Å². The van der Waals surface area contributed by atoms with Crippen LogP contribution in [-0.2, 0) is 11.3 Å². The van der Waals surface area contributed by atoms with Crippen molar-refractivity contribution in [2.45, 2.75) is 13.5 Å². The highest BCUT2D eigenvalue weighted by Crippen LogP contribution is 2.32. The van der Waals surface area contributed by atoms with E-state index in [-0.39, 0.29) is 11.7 Å². The zero-order valence-electron chi connectivity index (χ0n) is 12.9. The third-order valence-electron chi connectivity index (χ3n) is 3.51. The summed E-state index contributed by atoms with van der Waals surface area (Å²) in [5.41, 5.74) is 2.39. The number of hydrogen-bond acceptors (Lipinski definition) is 3. The number of amides is 1. The molecule has 0 fully saturated rings. The summed E-state index contributed by atoms with van der Waals surface area (Å²) in [6, 6.07) is 13.5. The van der Waals surface area contributed by atoms with Gasteiger partial charge in [-0.15, -0.1) is 11.3 Å². The highest BCUT2D eigenvalue weighted by atomic mass is 35.5. The molecule has 3 aromatic rings. The van der Waals surface area contributed by atoms with Crippen LogP contribution < -0.4 is 4.90 Å². The summed E-state index contributed by atoms with van der Waals surface area (Å²) in [6.45, 7) is 1.82. The maximum Gasteiger partial charge on any atom is 0.225 e. The smallest absolute Gasteiger partial charge is 0.225 e. The van der Waals surface area contributed by atoms with Gasteiger partial charge in [-0.3, -0.25) is 9.69 Å². The van der Waals surface area contributed by atoms with Crippen LogP contribution in [0.3, 0.4) is 0 Å². The zero-order valence-corrected chi connectivity index (χ0v) is 14.4. The quantitative estimate of drug-likeness (QED) is 0.644. The van der Waals surface area contributed by atoms with Gasteiger partial charge in [0.05, 0.1) is 12.2 Å². The first-order valence-corrected chi connectivity index (χ1v) is 8.53. The summed E-state index contributed by atoms with van der Waals surface area (Å²) in [5.74, 6) is -0.428. The monoisotopic (exact) mass is 360 g/mol. The molecule has 1 heterocycles. The molecule has 24 heavy (non-hydrogen) atoms. The maximum atomic E-state index is 13.0. The predicted molar refractivity (Wildman–Crippen MR) is 95.8 cm³/mol. The van der Waals surface area contributed by atoms with Crippen LogP contribution in [0.5, 0.6) is 0 Å². The van der Waals surface area contributed by atoms with Crippen molar-refractivity contribution in [1.82, 2.24) is 4.98 Å². The number of aromatic nitrogens is 1. The Labute approximate surface area is 148 Å². The van der Waals surface area contributed by atoms with Crippen molar-refractivity contribution in [2.75, 3.05) is 4.90 Å². The average Bonchev–Trinajstić information content (AvgIpc) is 3.03. The Morgan fingerprint density at radius 1 is 1.21 bits per heavy atom. The third kappa shape index (κ3) is 3.63. The summed E-state index contributed by atoms with van der Waals surface area (Å²) in [4.78, 5) is 18.1. The molecule has 122 valence electrons. The van der Waals surface area contributed by atoms with E-state index in [1.807, 2.05) is 23.6 Å². The molecule has 0 atom stereocenters. The first kappa shape index (κ1) is 16.6. The summed E-state index contributed by atoms with van der Waals surface area (Å²) >= 11 is 7.58. The molecule has 0 aliphatic rings. The predicted octanol–water partition coefficient (Wildman–Crippen LogP) is 5.16. The number of carbonyl (C=O) groups is 1. The van der Waals surface area contributed by atoms with Crippen molar-refractivity contribution in [1.29, 1.82) is 0 Å². The summed E-state index contributed by atoms with van der Waals surface area (Å²) in [7, 11) is 0. The molecule has 3 rings (SSSR count). The van der Waals surface area contributed by atoms with Crippen LogP contribution in [0.4, 0.5) is 9.52 Å². The van der Waals surface area contributed by atoms with E-state index < -0.39 is 0 Å². The fourth-order valence-corrected chi connectivity index (χ4v) is 3.37. The number of anilines is 1. The van der Waals surface area contributed by atoms with E-state index in [0.29, 0.717) is 16.7 Å². The maximum absolute atomic E-state index is 13.0. The second kappa shape index (κ2) is 7.11. The van der Waals surface area contributed by atoms with Crippen molar-refractivity contribution < 1.29 is 9.18 Å². The molecule has 1 aromatic heterocycles. The molecule has 0 aliphatic heterocycles. The Kier molecular flexibility index (Phi) is 4.92. The number of thiazole rings is 1. The van der Waals surface area contributed by atoms with Gasteiger partial charge in [0.2, 0.25) is 5.91 Å². The van der Waals surface area contributed by atoms with Crippen molar-refractivity contribution in [3.8, 4) is 11.3 Å². The normalized spacial score (nSPS) is 10.6. The number of nitrogens with zero attached hydrogens (tertiary/aromatic N) is 2. The van der Waals surface area contributed by atoms with Gasteiger partial charge in [0, 0.05) is 22.9 Å². The van der Waals surface area contributed by atoms with Crippen molar-refractivity contribution in [3.05, 3.63) is 70.3 Å². The number of halogens is 2. The SMILES string of the molecule is CC(=O)N(Cc1ccc(F)cc1)c1nc(-c2ccccc2Cl)cs1. The van der Waals surface area contributed by atoms with Gasteiger partial charge in [-0.2, -0.15) is 0 Å². The highest BCUT2D eigenvalue weighted by Gasteiger charge is 2.17. The lowest BCUT2D eigenvalue weighted by atomic mass is 10.2. The lowest BCUT2D eigenvalue weighted by molar-refractivity contribution is -0.116. The van der Waals surface area contributed by atoms with Crippen LogP contribution in [0.2, 0.25) is 5.02 Å². The van der Waals surface area contributed by atoms with Gasteiger partial charge < -0.3 is 0 Å². The van der Waals surface area contributed by atoms with Gasteiger partial charge >= 0.3 is 0 Å². The number of hydrogen-bond donors (Lipinski definition) is 0. The van der Waals surface area contributed by atoms with E-state index in [9.17, 15) is 9.18 Å². The van der Waals surface area contributed by atoms with E-state index in [2.05, 4.69) is 4.98 Å². The fourth-order valence-electron chi connectivity index (χ4n) is 2.27. The van der Waals surface area contributed by atoms with Crippen LogP contribution in [0.25, 0.3) is 11.3 Å². The lowest BCUT2D eigenvalue weighted by Gasteiger charge is -2.18. The second-order valence-electron chi connectivity index (χ2n) is 5.23. The van der Waals surface area contributed by atoms with Gasteiger partial charge in [0.1, 0.15) is 5.82 Å². The Bertz CT molecular complexity index is 863. The Balaban J connectivity index is 1.89. The topological polar surface area (TPSA) is 33.2 Å². The van der Waals surface area contributed by atoms with Gasteiger partial charge in [-0.25, -0.2) is 9.37 Å². The van der Waals surface area contributed by atoms with Crippen LogP contribution in [0, 0.1) is 5.82 Å². The third-order valence-corrected chi connectivity index (χ3v) is 4.70. The largest absolute Gasteiger partial charge is 0.284 e. The van der Waals surface area contributed by atoms with E-state index in [4.69, 9.17) is 11.6 Å². The van der Waals surface area contributed by atoms with E-state index in [0.717, 1.165) is 16.8 Å². The van der Waals surface area contributed by atoms with Gasteiger partial charge in [0.15, 0.2) is 5.13 Å². The van der Waals surface area contributed by atoms with E-state index >= 15 is 0 Å². The van der Waals surface area contributed by atoms with Gasteiger partial charge in [-0.05, 0) is 23.8 Å². The lowest BCUT2D eigenvalue weighted by Crippen LogP contribution is -2.27. The molecule has 0 bridgehead atoms. The Morgan fingerprint density at radius 2 is 1.92 bits per heavy atom. The molecule has 0 saturated heterocycles. The number of carbonyl (C=O) groups excluding carboxylic acids is 1. The summed E-state index contributed by atoms with van der Waals surface area (Å²) < 4.78 is 13.0. The molecular formula is C18H14ClFN2OS. The Hall–Kier alpha value is -2.24. The summed E-state index contributed by atoms with van der Waals surface area (Å²) in [5, 5.41) is 3.07. The number of rotatable bonds is 4. The van der Waals surface area contributed by atoms with Gasteiger partial charge in [-0.1, -0.05) is 41.9 Å². The average molecular weight is 361 g/mol. The minimum Gasteiger partial charge on any atom is -0.284 e. The van der Waals surface area contributed by atoms with Crippen LogP contribution in [0.1, 0.15) is 12.5 Å². The fraction of sp³-hybridized carbons (Fsp3) is 0.111. The molecule has 0 radical (unpaired) electrons. The molecule has 0 N–H and O–H groups in total. The minimum absolute atomic E-state index is 0.126. The molecule has 1 amide bonds. The first-order valence-electron chi connectivity index (χ1n) is 7.27. The van der Waals surface area contributed by atoms with Crippen LogP contribution in [-0.4, -0.2) is 10.9 Å². The zero-order chi connectivity index (χ0) is 17.1. The molecule has 6 heteroatoms. The second-order valence-corrected chi connectivity index (χ2v) is 6.47. The molecule has 3 nitrogen and oxygen atoms in total. The molecular weight excluding hydrogens is 347 g/mol. The van der Waals surface area contributed by atoms with E-state index in [1.165, 1.54) is 30.4 Å². The molecule has 0 spiro atoms. The summed E-state index contributed by atoms with van der Waals surface area (Å²) in [6.07, 6.45) is 0. The van der Waals surface area contributed by atoms with Crippen molar-refractivity contribution in [2.24, 2.45) is 0 Å². The van der Waals surface area contributed by atoms with Crippen LogP contribution in [0.15, 0.2) is 53.9 Å². The highest BCUT2D eigenvalue weighted by molar-refractivity contribution is 7.14. The molecule has 0 aliphatic carbocycles. The van der Waals surface area contributed by atoms with Crippen molar-refractivity contribution in [3.63, 3.8) is 0 Å². The molecule has 2 aromatic carbocycles. The standard InChI is InChI=1S/C18H14ClFN2OS/c1-12(23)22(10-13-6-8-14(20)9-7-13)18-21-17(11-24-18)15-4-2-3-5-16(15)19/h2-9,11H,10H2,1H3. The van der Waals surface area contributed by atoms with E-state index in [1.54, 1.807) is 23.1 Å².